The number of rotatable bonds is 9. The standard InChI is InChI=1S/C24H31F2N5O2/c1-15(18-12-27-31(13-18)21-8-6-19(25)7-9-21)28-23-29-20(11-22(26)30-23)10-17(14-32)16(2)33-24(3,4)5/h6-9,11-13,15-17,32H,10,14H2,1-5H3,(H,28,29,30)/t15-,16+,17+/m0/s1. The van der Waals surface area contributed by atoms with Gasteiger partial charge in [0.15, 0.2) is 0 Å². The maximum Gasteiger partial charge on any atom is 0.226 e. The Kier molecular flexibility index (Phi) is 7.76. The summed E-state index contributed by atoms with van der Waals surface area (Å²) in [6.45, 7) is 9.52. The van der Waals surface area contributed by atoms with Gasteiger partial charge in [0.25, 0.3) is 0 Å². The number of benzene rings is 1. The van der Waals surface area contributed by atoms with Gasteiger partial charge in [-0.3, -0.25) is 0 Å². The van der Waals surface area contributed by atoms with Crippen LogP contribution in [0.3, 0.4) is 0 Å². The zero-order valence-corrected chi connectivity index (χ0v) is 19.6. The molecule has 0 aliphatic rings. The number of nitrogens with zero attached hydrogens (tertiary/aromatic N) is 4. The minimum atomic E-state index is -0.655. The molecule has 0 aliphatic heterocycles. The van der Waals surface area contributed by atoms with Crippen molar-refractivity contribution in [2.75, 3.05) is 11.9 Å². The fourth-order valence-corrected chi connectivity index (χ4v) is 3.51. The van der Waals surface area contributed by atoms with Crippen molar-refractivity contribution in [2.24, 2.45) is 5.92 Å². The summed E-state index contributed by atoms with van der Waals surface area (Å²) in [4.78, 5) is 8.30. The minimum absolute atomic E-state index is 0.107. The van der Waals surface area contributed by atoms with Crippen LogP contribution in [0.4, 0.5) is 14.7 Å². The molecule has 3 aromatic rings. The Morgan fingerprint density at radius 3 is 2.45 bits per heavy atom. The molecular formula is C24H31F2N5O2. The van der Waals surface area contributed by atoms with E-state index in [-0.39, 0.29) is 42.0 Å². The van der Waals surface area contributed by atoms with E-state index in [1.54, 1.807) is 29.2 Å². The van der Waals surface area contributed by atoms with Gasteiger partial charge in [-0.1, -0.05) is 0 Å². The van der Waals surface area contributed by atoms with E-state index in [2.05, 4.69) is 20.4 Å². The number of nitrogens with one attached hydrogen (secondary N) is 1. The van der Waals surface area contributed by atoms with Crippen molar-refractivity contribution in [1.29, 1.82) is 0 Å². The first-order chi connectivity index (χ1) is 15.5. The second-order valence-corrected chi connectivity index (χ2v) is 9.15. The molecule has 2 N–H and O–H groups in total. The molecule has 1 aromatic carbocycles. The van der Waals surface area contributed by atoms with Crippen LogP contribution in [0.1, 0.15) is 51.9 Å². The summed E-state index contributed by atoms with van der Waals surface area (Å²) in [6, 6.07) is 7.02. The third-order valence-corrected chi connectivity index (χ3v) is 5.20. The van der Waals surface area contributed by atoms with Gasteiger partial charge in [-0.15, -0.1) is 0 Å². The molecule has 0 saturated carbocycles. The van der Waals surface area contributed by atoms with Gasteiger partial charge < -0.3 is 15.2 Å². The Hall–Kier alpha value is -2.91. The predicted octanol–water partition coefficient (Wildman–Crippen LogP) is 4.47. The fourth-order valence-electron chi connectivity index (χ4n) is 3.51. The third-order valence-electron chi connectivity index (χ3n) is 5.20. The smallest absolute Gasteiger partial charge is 0.226 e. The highest BCUT2D eigenvalue weighted by atomic mass is 19.1. The van der Waals surface area contributed by atoms with Crippen LogP contribution in [0.5, 0.6) is 0 Å². The van der Waals surface area contributed by atoms with Crippen LogP contribution in [0, 0.1) is 17.7 Å². The highest BCUT2D eigenvalue weighted by Crippen LogP contribution is 2.22. The van der Waals surface area contributed by atoms with Crippen molar-refractivity contribution in [3.8, 4) is 5.69 Å². The van der Waals surface area contributed by atoms with E-state index in [1.807, 2.05) is 34.6 Å². The van der Waals surface area contributed by atoms with E-state index in [9.17, 15) is 13.9 Å². The molecule has 9 heteroatoms. The number of aromatic nitrogens is 4. The van der Waals surface area contributed by atoms with Crippen molar-refractivity contribution in [1.82, 2.24) is 19.7 Å². The molecule has 0 fully saturated rings. The van der Waals surface area contributed by atoms with E-state index < -0.39 is 5.95 Å². The third kappa shape index (κ3) is 7.03. The minimum Gasteiger partial charge on any atom is -0.396 e. The van der Waals surface area contributed by atoms with Gasteiger partial charge in [0, 0.05) is 36.0 Å². The van der Waals surface area contributed by atoms with E-state index in [0.29, 0.717) is 12.1 Å². The van der Waals surface area contributed by atoms with Gasteiger partial charge >= 0.3 is 0 Å². The first kappa shape index (κ1) is 24.7. The van der Waals surface area contributed by atoms with Crippen LogP contribution in [0.2, 0.25) is 0 Å². The van der Waals surface area contributed by atoms with Crippen LogP contribution in [-0.2, 0) is 11.2 Å². The normalized spacial score (nSPS) is 14.7. The molecule has 0 radical (unpaired) electrons. The van der Waals surface area contributed by atoms with Crippen LogP contribution in [0.25, 0.3) is 5.69 Å². The highest BCUT2D eigenvalue weighted by Gasteiger charge is 2.24. The topological polar surface area (TPSA) is 85.1 Å². The van der Waals surface area contributed by atoms with Gasteiger partial charge in [-0.05, 0) is 65.3 Å². The summed E-state index contributed by atoms with van der Waals surface area (Å²) in [7, 11) is 0. The maximum atomic E-state index is 14.2. The summed E-state index contributed by atoms with van der Waals surface area (Å²) in [5.41, 5.74) is 1.67. The lowest BCUT2D eigenvalue weighted by atomic mass is 9.97. The maximum absolute atomic E-state index is 14.2. The van der Waals surface area contributed by atoms with Gasteiger partial charge in [-0.2, -0.15) is 14.5 Å². The van der Waals surface area contributed by atoms with Crippen molar-refractivity contribution in [3.05, 3.63) is 65.7 Å². The van der Waals surface area contributed by atoms with Crippen LogP contribution >= 0.6 is 0 Å². The second-order valence-electron chi connectivity index (χ2n) is 9.15. The lowest BCUT2D eigenvalue weighted by Crippen LogP contribution is -2.33. The van der Waals surface area contributed by atoms with Gasteiger partial charge in [-0.25, -0.2) is 14.1 Å². The monoisotopic (exact) mass is 459 g/mol. The molecule has 3 atom stereocenters. The molecule has 0 spiro atoms. The summed E-state index contributed by atoms with van der Waals surface area (Å²) in [5.74, 6) is -1.06. The SMILES string of the molecule is C[C@H](Nc1nc(F)cc(C[C@H](CO)[C@@H](C)OC(C)(C)C)n1)c1cnn(-c2ccc(F)cc2)c1. The highest BCUT2D eigenvalue weighted by molar-refractivity contribution is 5.34. The molecule has 2 heterocycles. The molecule has 0 aliphatic carbocycles. The van der Waals surface area contributed by atoms with E-state index in [0.717, 1.165) is 11.3 Å². The zero-order chi connectivity index (χ0) is 24.2. The molecule has 2 aromatic heterocycles. The molecule has 0 unspecified atom stereocenters. The van der Waals surface area contributed by atoms with E-state index in [4.69, 9.17) is 4.74 Å². The molecule has 7 nitrogen and oxygen atoms in total. The number of halogens is 2. The number of aliphatic hydroxyl groups is 1. The lowest BCUT2D eigenvalue weighted by molar-refractivity contribution is -0.0841. The molecular weight excluding hydrogens is 428 g/mol. The van der Waals surface area contributed by atoms with Crippen molar-refractivity contribution >= 4 is 5.95 Å². The molecule has 178 valence electrons. The molecule has 0 saturated heterocycles. The van der Waals surface area contributed by atoms with Gasteiger partial charge in [0.1, 0.15) is 5.82 Å². The van der Waals surface area contributed by atoms with Crippen molar-refractivity contribution in [2.45, 2.75) is 58.8 Å². The molecule has 0 bridgehead atoms. The fraction of sp³-hybridized carbons (Fsp3) is 0.458. The predicted molar refractivity (Wildman–Crippen MR) is 122 cm³/mol. The average Bonchev–Trinajstić information content (AvgIpc) is 3.21. The molecule has 0 amide bonds. The van der Waals surface area contributed by atoms with Crippen LogP contribution < -0.4 is 5.32 Å². The largest absolute Gasteiger partial charge is 0.396 e. The number of anilines is 1. The number of hydrogen-bond donors (Lipinski definition) is 2. The quantitative estimate of drug-likeness (QED) is 0.460. The molecule has 3 rings (SSSR count). The summed E-state index contributed by atoms with van der Waals surface area (Å²) >= 11 is 0. The summed E-state index contributed by atoms with van der Waals surface area (Å²) in [5, 5.41) is 17.2. The van der Waals surface area contributed by atoms with Gasteiger partial charge in [0.05, 0.1) is 29.6 Å². The Bertz CT molecular complexity index is 1050. The van der Waals surface area contributed by atoms with Crippen molar-refractivity contribution < 1.29 is 18.6 Å². The Balaban J connectivity index is 1.71. The summed E-state index contributed by atoms with van der Waals surface area (Å²) in [6.07, 6.45) is 3.59. The van der Waals surface area contributed by atoms with E-state index in [1.165, 1.54) is 18.2 Å². The first-order valence-electron chi connectivity index (χ1n) is 10.9. The number of ether oxygens (including phenoxy) is 1. The van der Waals surface area contributed by atoms with E-state index >= 15 is 0 Å². The van der Waals surface area contributed by atoms with Crippen LogP contribution in [-0.4, -0.2) is 43.2 Å². The zero-order valence-electron chi connectivity index (χ0n) is 19.6. The Labute approximate surface area is 192 Å². The lowest BCUT2D eigenvalue weighted by Gasteiger charge is -2.30. The van der Waals surface area contributed by atoms with Crippen LogP contribution in [0.15, 0.2) is 42.7 Å². The summed E-state index contributed by atoms with van der Waals surface area (Å²) < 4.78 is 35.0. The molecule has 33 heavy (non-hydrogen) atoms. The first-order valence-corrected chi connectivity index (χ1v) is 10.9. The Morgan fingerprint density at radius 2 is 1.82 bits per heavy atom. The average molecular weight is 460 g/mol. The number of hydrogen-bond acceptors (Lipinski definition) is 6. The van der Waals surface area contributed by atoms with Crippen molar-refractivity contribution in [3.63, 3.8) is 0 Å². The number of aliphatic hydroxyl groups excluding tert-OH is 1. The van der Waals surface area contributed by atoms with Gasteiger partial charge in [0.2, 0.25) is 11.9 Å². The second kappa shape index (κ2) is 10.4. The Morgan fingerprint density at radius 1 is 1.12 bits per heavy atom.